The predicted molar refractivity (Wildman–Crippen MR) is 62.8 cm³/mol. The Morgan fingerprint density at radius 2 is 2.12 bits per heavy atom. The van der Waals surface area contributed by atoms with Gasteiger partial charge in [-0.05, 0) is 12.1 Å². The molecule has 0 atom stereocenters. The number of benzene rings is 1. The van der Waals surface area contributed by atoms with Crippen molar-refractivity contribution in [2.45, 2.75) is 12.6 Å². The van der Waals surface area contributed by atoms with E-state index in [4.69, 9.17) is 4.74 Å². The highest BCUT2D eigenvalue weighted by molar-refractivity contribution is 5.28. The molecule has 1 aromatic heterocycles. The zero-order valence-corrected chi connectivity index (χ0v) is 9.41. The van der Waals surface area contributed by atoms with E-state index >= 15 is 0 Å². The highest BCUT2D eigenvalue weighted by Crippen LogP contribution is 2.05. The van der Waals surface area contributed by atoms with Crippen molar-refractivity contribution < 1.29 is 4.74 Å². The molecule has 1 saturated heterocycles. The van der Waals surface area contributed by atoms with Crippen LogP contribution >= 0.6 is 0 Å². The van der Waals surface area contributed by atoms with Gasteiger partial charge in [0.05, 0.1) is 36.8 Å². The van der Waals surface area contributed by atoms with Gasteiger partial charge in [-0.2, -0.15) is 15.0 Å². The van der Waals surface area contributed by atoms with E-state index in [0.29, 0.717) is 6.04 Å². The monoisotopic (exact) mass is 230 g/mol. The normalized spacial score (nSPS) is 15.8. The van der Waals surface area contributed by atoms with Crippen LogP contribution in [0.1, 0.15) is 5.69 Å². The van der Waals surface area contributed by atoms with Gasteiger partial charge in [0, 0.05) is 6.54 Å². The molecular weight excluding hydrogens is 216 g/mol. The van der Waals surface area contributed by atoms with E-state index < -0.39 is 0 Å². The first-order valence-electron chi connectivity index (χ1n) is 5.69. The topological polar surface area (TPSA) is 52.0 Å². The van der Waals surface area contributed by atoms with Crippen LogP contribution in [0.15, 0.2) is 36.5 Å². The molecule has 5 heteroatoms. The molecule has 0 bridgehead atoms. The number of hydrogen-bond acceptors (Lipinski definition) is 4. The Balaban J connectivity index is 1.65. The Kier molecular flexibility index (Phi) is 2.85. The van der Waals surface area contributed by atoms with Crippen LogP contribution in [-0.2, 0) is 11.3 Å². The Hall–Kier alpha value is -1.72. The second-order valence-electron chi connectivity index (χ2n) is 4.08. The molecule has 1 aliphatic rings. The summed E-state index contributed by atoms with van der Waals surface area (Å²) in [6, 6.07) is 10.4. The van der Waals surface area contributed by atoms with E-state index in [1.54, 1.807) is 11.0 Å². The summed E-state index contributed by atoms with van der Waals surface area (Å²) in [5.41, 5.74) is 1.92. The molecule has 5 nitrogen and oxygen atoms in total. The lowest BCUT2D eigenvalue weighted by Crippen LogP contribution is -2.45. The molecule has 1 N–H and O–H groups in total. The van der Waals surface area contributed by atoms with Crippen LogP contribution in [0, 0.1) is 0 Å². The average molecular weight is 230 g/mol. The van der Waals surface area contributed by atoms with Crippen LogP contribution in [0.2, 0.25) is 0 Å². The van der Waals surface area contributed by atoms with Crippen LogP contribution in [0.5, 0.6) is 0 Å². The Bertz CT molecular complexity index is 478. The van der Waals surface area contributed by atoms with Crippen LogP contribution < -0.4 is 5.32 Å². The molecule has 1 aliphatic heterocycles. The third kappa shape index (κ3) is 2.35. The number of rotatable bonds is 4. The number of nitrogens with zero attached hydrogens (tertiary/aromatic N) is 3. The van der Waals surface area contributed by atoms with Gasteiger partial charge < -0.3 is 10.1 Å². The molecule has 3 rings (SSSR count). The summed E-state index contributed by atoms with van der Waals surface area (Å²) in [5.74, 6) is 0. The zero-order chi connectivity index (χ0) is 11.5. The number of hydrogen-bond donors (Lipinski definition) is 1. The van der Waals surface area contributed by atoms with Crippen molar-refractivity contribution in [2.75, 3.05) is 13.2 Å². The maximum Gasteiger partial charge on any atom is 0.0969 e. The van der Waals surface area contributed by atoms with Crippen molar-refractivity contribution >= 4 is 0 Å². The van der Waals surface area contributed by atoms with E-state index in [9.17, 15) is 0 Å². The molecule has 0 saturated carbocycles. The summed E-state index contributed by atoms with van der Waals surface area (Å²) in [4.78, 5) is 1.65. The van der Waals surface area contributed by atoms with Gasteiger partial charge in [-0.3, -0.25) is 0 Å². The highest BCUT2D eigenvalue weighted by atomic mass is 16.5. The number of nitrogens with one attached hydrogen (secondary N) is 1. The summed E-state index contributed by atoms with van der Waals surface area (Å²) in [6.07, 6.45) is 1.79. The minimum atomic E-state index is 0.469. The first-order chi connectivity index (χ1) is 8.42. The molecule has 0 aliphatic carbocycles. The predicted octanol–water partition coefficient (Wildman–Crippen LogP) is 0.756. The molecule has 0 radical (unpaired) electrons. The summed E-state index contributed by atoms with van der Waals surface area (Å²) in [6.45, 7) is 2.33. The van der Waals surface area contributed by atoms with E-state index in [1.165, 1.54) is 0 Å². The van der Waals surface area contributed by atoms with Crippen molar-refractivity contribution in [2.24, 2.45) is 0 Å². The van der Waals surface area contributed by atoms with Gasteiger partial charge in [-0.25, -0.2) is 0 Å². The average Bonchev–Trinajstić information content (AvgIpc) is 2.77. The van der Waals surface area contributed by atoms with Gasteiger partial charge in [-0.15, -0.1) is 0 Å². The van der Waals surface area contributed by atoms with Crippen molar-refractivity contribution in [1.29, 1.82) is 0 Å². The summed E-state index contributed by atoms with van der Waals surface area (Å²) in [7, 11) is 0. The largest absolute Gasteiger partial charge is 0.378 e. The van der Waals surface area contributed by atoms with Gasteiger partial charge in [0.15, 0.2) is 0 Å². The maximum atomic E-state index is 5.09. The van der Waals surface area contributed by atoms with Crippen molar-refractivity contribution in [3.63, 3.8) is 0 Å². The minimum Gasteiger partial charge on any atom is -0.378 e. The van der Waals surface area contributed by atoms with E-state index in [-0.39, 0.29) is 0 Å². The Labute approximate surface area is 99.4 Å². The van der Waals surface area contributed by atoms with Crippen molar-refractivity contribution in [3.8, 4) is 5.69 Å². The summed E-state index contributed by atoms with van der Waals surface area (Å²) >= 11 is 0. The first kappa shape index (κ1) is 10.4. The van der Waals surface area contributed by atoms with Gasteiger partial charge >= 0.3 is 0 Å². The lowest BCUT2D eigenvalue weighted by molar-refractivity contribution is -0.00591. The molecule has 0 amide bonds. The molecule has 17 heavy (non-hydrogen) atoms. The molecule has 88 valence electrons. The first-order valence-corrected chi connectivity index (χ1v) is 5.69. The fraction of sp³-hybridized carbons (Fsp3) is 0.333. The maximum absolute atomic E-state index is 5.09. The molecule has 2 aromatic rings. The highest BCUT2D eigenvalue weighted by Gasteiger charge is 2.17. The smallest absolute Gasteiger partial charge is 0.0969 e. The fourth-order valence-corrected chi connectivity index (χ4v) is 1.66. The molecule has 0 spiro atoms. The second kappa shape index (κ2) is 4.65. The van der Waals surface area contributed by atoms with E-state index in [1.807, 2.05) is 30.3 Å². The van der Waals surface area contributed by atoms with Crippen LogP contribution in [0.3, 0.4) is 0 Å². The van der Waals surface area contributed by atoms with Crippen molar-refractivity contribution in [1.82, 2.24) is 20.3 Å². The quantitative estimate of drug-likeness (QED) is 0.842. The van der Waals surface area contributed by atoms with Gasteiger partial charge in [0.25, 0.3) is 0 Å². The number of aromatic nitrogens is 3. The van der Waals surface area contributed by atoms with Gasteiger partial charge in [0.2, 0.25) is 0 Å². The lowest BCUT2D eigenvalue weighted by atomic mass is 10.2. The standard InChI is InChI=1S/C12H14N4O/c1-2-4-12(5-3-1)16-14-7-10(15-16)6-13-11-8-17-9-11/h1-5,7,11,13H,6,8-9H2. The third-order valence-corrected chi connectivity index (χ3v) is 2.74. The summed E-state index contributed by atoms with van der Waals surface area (Å²) in [5, 5.41) is 12.0. The zero-order valence-electron chi connectivity index (χ0n) is 9.41. The van der Waals surface area contributed by atoms with Crippen LogP contribution in [0.4, 0.5) is 0 Å². The van der Waals surface area contributed by atoms with E-state index in [2.05, 4.69) is 15.5 Å². The summed E-state index contributed by atoms with van der Waals surface area (Å²) < 4.78 is 5.09. The van der Waals surface area contributed by atoms with Crippen LogP contribution in [0.25, 0.3) is 5.69 Å². The molecular formula is C12H14N4O. The molecule has 2 heterocycles. The number of ether oxygens (including phenoxy) is 1. The van der Waals surface area contributed by atoms with Crippen LogP contribution in [-0.4, -0.2) is 34.2 Å². The lowest BCUT2D eigenvalue weighted by Gasteiger charge is -2.26. The van der Waals surface area contributed by atoms with E-state index in [0.717, 1.165) is 31.1 Å². The fourth-order valence-electron chi connectivity index (χ4n) is 1.66. The molecule has 1 fully saturated rings. The molecule has 0 unspecified atom stereocenters. The molecule has 1 aromatic carbocycles. The Morgan fingerprint density at radius 3 is 2.82 bits per heavy atom. The van der Waals surface area contributed by atoms with Gasteiger partial charge in [-0.1, -0.05) is 18.2 Å². The third-order valence-electron chi connectivity index (χ3n) is 2.74. The minimum absolute atomic E-state index is 0.469. The SMILES string of the molecule is c1ccc(-n2ncc(CNC3COC3)n2)cc1. The second-order valence-corrected chi connectivity index (χ2v) is 4.08. The Morgan fingerprint density at radius 1 is 1.29 bits per heavy atom. The van der Waals surface area contributed by atoms with Gasteiger partial charge in [0.1, 0.15) is 0 Å². The van der Waals surface area contributed by atoms with Crippen molar-refractivity contribution in [3.05, 3.63) is 42.2 Å². The number of para-hydroxylation sites is 1.